The lowest BCUT2D eigenvalue weighted by Gasteiger charge is -2.12. The van der Waals surface area contributed by atoms with Crippen LogP contribution < -0.4 is 5.32 Å². The highest BCUT2D eigenvalue weighted by atomic mass is 35.5. The maximum Gasteiger partial charge on any atom is 0.219 e. The van der Waals surface area contributed by atoms with E-state index in [2.05, 4.69) is 15.3 Å². The van der Waals surface area contributed by atoms with Gasteiger partial charge in [0.25, 0.3) is 0 Å². The number of rotatable bonds is 1. The molecule has 1 N–H and O–H groups in total. The Morgan fingerprint density at radius 3 is 2.80 bits per heavy atom. The second kappa shape index (κ2) is 3.21. The Morgan fingerprint density at radius 2 is 2.30 bits per heavy atom. The first-order valence-electron chi connectivity index (χ1n) is 2.93. The van der Waals surface area contributed by atoms with Gasteiger partial charge in [-0.25, -0.2) is 9.98 Å². The van der Waals surface area contributed by atoms with E-state index in [1.807, 2.05) is 6.92 Å². The van der Waals surface area contributed by atoms with E-state index in [-0.39, 0.29) is 0 Å². The first kappa shape index (κ1) is 7.82. The van der Waals surface area contributed by atoms with Gasteiger partial charge < -0.3 is 5.32 Å². The van der Waals surface area contributed by atoms with Gasteiger partial charge >= 0.3 is 0 Å². The number of amidine groups is 2. The van der Waals surface area contributed by atoms with Crippen LogP contribution in [0.5, 0.6) is 0 Å². The Kier molecular flexibility index (Phi) is 2.51. The average molecular weight is 180 g/mol. The number of nitrogens with one attached hydrogen (secondary N) is 1. The summed E-state index contributed by atoms with van der Waals surface area (Å²) in [6, 6.07) is 0. The van der Waals surface area contributed by atoms with Crippen molar-refractivity contribution >= 4 is 34.3 Å². The molecule has 0 spiro atoms. The second-order valence-corrected chi connectivity index (χ2v) is 2.53. The van der Waals surface area contributed by atoms with Gasteiger partial charge in [-0.15, -0.1) is 0 Å². The lowest BCUT2D eigenvalue weighted by Crippen LogP contribution is -2.31. The number of alkyl halides is 1. The van der Waals surface area contributed by atoms with Crippen LogP contribution in [-0.4, -0.2) is 16.8 Å². The molecule has 56 valence electrons. The molecule has 0 radical (unpaired) electrons. The largest absolute Gasteiger partial charge is 0.319 e. The van der Waals surface area contributed by atoms with Gasteiger partial charge in [0.15, 0.2) is 5.29 Å². The van der Waals surface area contributed by atoms with Crippen molar-refractivity contribution in [3.63, 3.8) is 0 Å². The molecular formula is C5H7Cl2N3. The monoisotopic (exact) mass is 179 g/mol. The third-order valence-electron chi connectivity index (χ3n) is 1.06. The molecule has 1 heterocycles. The van der Waals surface area contributed by atoms with Gasteiger partial charge in [-0.2, -0.15) is 0 Å². The van der Waals surface area contributed by atoms with Crippen LogP contribution in [0, 0.1) is 0 Å². The topological polar surface area (TPSA) is 36.8 Å². The summed E-state index contributed by atoms with van der Waals surface area (Å²) in [4.78, 5) is 7.68. The Hall–Kier alpha value is -0.280. The summed E-state index contributed by atoms with van der Waals surface area (Å²) in [7, 11) is 0. The summed E-state index contributed by atoms with van der Waals surface area (Å²) < 4.78 is 0. The third-order valence-corrected chi connectivity index (χ3v) is 1.45. The Bertz CT molecular complexity index is 187. The molecule has 0 amide bonds. The first-order chi connectivity index (χ1) is 4.72. The maximum atomic E-state index is 5.59. The number of halogens is 2. The highest BCUT2D eigenvalue weighted by Gasteiger charge is 2.09. The summed E-state index contributed by atoms with van der Waals surface area (Å²) >= 11 is 11.1. The van der Waals surface area contributed by atoms with Crippen molar-refractivity contribution in [3.05, 3.63) is 0 Å². The summed E-state index contributed by atoms with van der Waals surface area (Å²) in [5.74, 6) is 0.778. The predicted molar refractivity (Wildman–Crippen MR) is 43.8 cm³/mol. The molecule has 0 fully saturated rings. The maximum absolute atomic E-state index is 5.59. The van der Waals surface area contributed by atoms with E-state index in [0.29, 0.717) is 5.29 Å². The molecule has 0 saturated heterocycles. The van der Waals surface area contributed by atoms with Crippen LogP contribution in [0.15, 0.2) is 9.98 Å². The molecule has 3 nitrogen and oxygen atoms in total. The smallest absolute Gasteiger partial charge is 0.219 e. The van der Waals surface area contributed by atoms with Crippen molar-refractivity contribution in [2.45, 2.75) is 19.0 Å². The molecule has 1 unspecified atom stereocenters. The van der Waals surface area contributed by atoms with Crippen LogP contribution in [-0.2, 0) is 0 Å². The van der Waals surface area contributed by atoms with Crippen molar-refractivity contribution in [1.82, 2.24) is 5.32 Å². The minimum Gasteiger partial charge on any atom is -0.319 e. The van der Waals surface area contributed by atoms with Crippen LogP contribution in [0.25, 0.3) is 0 Å². The fourth-order valence-electron chi connectivity index (χ4n) is 0.614. The van der Waals surface area contributed by atoms with Crippen LogP contribution in [0.1, 0.15) is 13.3 Å². The molecule has 1 aliphatic heterocycles. The molecule has 1 aliphatic rings. The molecule has 5 heteroatoms. The molecule has 0 aromatic heterocycles. The highest BCUT2D eigenvalue weighted by Crippen LogP contribution is 2.06. The summed E-state index contributed by atoms with van der Waals surface area (Å²) in [6.45, 7) is 1.96. The van der Waals surface area contributed by atoms with E-state index in [4.69, 9.17) is 23.2 Å². The van der Waals surface area contributed by atoms with Gasteiger partial charge in [0.05, 0.1) is 0 Å². The summed E-state index contributed by atoms with van der Waals surface area (Å²) in [5.41, 5.74) is -0.552. The fourth-order valence-corrected chi connectivity index (χ4v) is 1.08. The lowest BCUT2D eigenvalue weighted by atomic mass is 10.4. The third kappa shape index (κ3) is 1.85. The van der Waals surface area contributed by atoms with E-state index in [9.17, 15) is 0 Å². The number of aliphatic imine (C=N–C) groups is 2. The molecular weight excluding hydrogens is 173 g/mol. The zero-order valence-electron chi connectivity index (χ0n) is 5.43. The van der Waals surface area contributed by atoms with Gasteiger partial charge in [0.1, 0.15) is 5.84 Å². The van der Waals surface area contributed by atoms with Crippen molar-refractivity contribution in [3.8, 4) is 0 Å². The molecule has 0 bridgehead atoms. The van der Waals surface area contributed by atoms with Gasteiger partial charge in [-0.1, -0.05) is 18.5 Å². The van der Waals surface area contributed by atoms with Crippen molar-refractivity contribution in [1.29, 1.82) is 0 Å². The minimum absolute atomic E-state index is 0.312. The molecule has 1 rings (SSSR count). The first-order valence-corrected chi connectivity index (χ1v) is 3.75. The molecule has 0 aliphatic carbocycles. The van der Waals surface area contributed by atoms with Crippen LogP contribution >= 0.6 is 23.2 Å². The Morgan fingerprint density at radius 1 is 1.60 bits per heavy atom. The number of hydrogen-bond donors (Lipinski definition) is 1. The minimum atomic E-state index is -0.552. The zero-order chi connectivity index (χ0) is 7.56. The van der Waals surface area contributed by atoms with E-state index >= 15 is 0 Å². The quantitative estimate of drug-likeness (QED) is 0.482. The zero-order valence-corrected chi connectivity index (χ0v) is 6.95. The van der Waals surface area contributed by atoms with Gasteiger partial charge in [0.2, 0.25) is 5.62 Å². The van der Waals surface area contributed by atoms with Crippen molar-refractivity contribution < 1.29 is 0 Å². The normalized spacial score (nSPS) is 24.9. The standard InChI is InChI=1S/C5H7Cl2N3/c1-2-3-8-4(6)10-5(7)9-3/h4H,2H2,1H3,(H,8,9,10). The molecule has 1 atom stereocenters. The average Bonchev–Trinajstić information content (AvgIpc) is 1.85. The second-order valence-electron chi connectivity index (χ2n) is 1.78. The van der Waals surface area contributed by atoms with Crippen molar-refractivity contribution in [2.24, 2.45) is 9.98 Å². The van der Waals surface area contributed by atoms with Crippen LogP contribution in [0.3, 0.4) is 0 Å². The SMILES string of the molecule is CCC1=NC(Cl)N=C(Cl)N1. The van der Waals surface area contributed by atoms with Crippen LogP contribution in [0.2, 0.25) is 0 Å². The fraction of sp³-hybridized carbons (Fsp3) is 0.600. The van der Waals surface area contributed by atoms with Gasteiger partial charge in [-0.3, -0.25) is 0 Å². The van der Waals surface area contributed by atoms with E-state index < -0.39 is 5.62 Å². The van der Waals surface area contributed by atoms with E-state index in [1.54, 1.807) is 0 Å². The lowest BCUT2D eigenvalue weighted by molar-refractivity contribution is 0.916. The predicted octanol–water partition coefficient (Wildman–Crippen LogP) is 1.52. The Labute approximate surface area is 69.1 Å². The molecule has 0 aromatic rings. The highest BCUT2D eigenvalue weighted by molar-refractivity contribution is 6.66. The van der Waals surface area contributed by atoms with E-state index in [1.165, 1.54) is 0 Å². The van der Waals surface area contributed by atoms with Crippen LogP contribution in [0.4, 0.5) is 0 Å². The number of nitrogens with zero attached hydrogens (tertiary/aromatic N) is 2. The number of hydrogen-bond acceptors (Lipinski definition) is 3. The summed E-state index contributed by atoms with van der Waals surface area (Å²) in [6.07, 6.45) is 0.787. The molecule has 0 aromatic carbocycles. The van der Waals surface area contributed by atoms with E-state index in [0.717, 1.165) is 12.3 Å². The molecule has 0 saturated carbocycles. The summed E-state index contributed by atoms with van der Waals surface area (Å²) in [5, 5.41) is 3.09. The molecule has 10 heavy (non-hydrogen) atoms. The van der Waals surface area contributed by atoms with Gasteiger partial charge in [0, 0.05) is 6.42 Å². The van der Waals surface area contributed by atoms with Gasteiger partial charge in [-0.05, 0) is 11.6 Å². The van der Waals surface area contributed by atoms with Crippen molar-refractivity contribution in [2.75, 3.05) is 0 Å². The Balaban J connectivity index is 2.65.